The molecule has 0 saturated heterocycles. The molecule has 0 heterocycles. The Labute approximate surface area is 121 Å². The first-order valence-corrected chi connectivity index (χ1v) is 0. The summed E-state index contributed by atoms with van der Waals surface area (Å²) in [5.74, 6) is 0. The molecule has 0 aromatic rings. The van der Waals surface area contributed by atoms with Crippen LogP contribution < -0.4 is 0 Å². The fourth-order valence-electron chi connectivity index (χ4n) is 0. The molecule has 0 aromatic heterocycles. The molecule has 0 N–H and O–H groups in total. The van der Waals surface area contributed by atoms with Gasteiger partial charge in [0.25, 0.3) is 0 Å². The van der Waals surface area contributed by atoms with Gasteiger partial charge in [0.05, 0.1) is 0 Å². The zero-order valence-corrected chi connectivity index (χ0v) is 14.3. The number of rotatable bonds is 0. The maximum atomic E-state index is 0. The normalized spacial score (nSPS) is 0. The van der Waals surface area contributed by atoms with E-state index in [2.05, 4.69) is 0 Å². The van der Waals surface area contributed by atoms with Gasteiger partial charge in [-0.25, -0.2) is 0 Å². The average Bonchev–Trinajstić information content (AvgIpc) is 0. The minimum Gasteiger partial charge on any atom is 0 e. The molecule has 0 aromatic carbocycles. The van der Waals surface area contributed by atoms with Crippen LogP contribution in [-0.4, -0.2) is 17.4 Å². The molecule has 4 heteroatoms. The summed E-state index contributed by atoms with van der Waals surface area (Å²) in [4.78, 5) is 0. The molecule has 0 bridgehead atoms. The Bertz CT molecular complexity index is 3.25. The molecule has 0 nitrogen and oxygen atoms in total. The van der Waals surface area contributed by atoms with Crippen LogP contribution >= 0.6 is 0 Å². The van der Waals surface area contributed by atoms with Gasteiger partial charge in [-0.2, -0.15) is 0 Å². The first kappa shape index (κ1) is 24.3. The molecule has 0 aliphatic carbocycles. The van der Waals surface area contributed by atoms with Crippen molar-refractivity contribution in [1.82, 2.24) is 0 Å². The van der Waals surface area contributed by atoms with Crippen LogP contribution in [0.3, 0.4) is 0 Å². The summed E-state index contributed by atoms with van der Waals surface area (Å²) in [6, 6.07) is 0. The van der Waals surface area contributed by atoms with Gasteiger partial charge in [0.15, 0.2) is 0 Å². The van der Waals surface area contributed by atoms with Gasteiger partial charge < -0.3 is 0 Å². The summed E-state index contributed by atoms with van der Waals surface area (Å²) in [6.07, 6.45) is 0. The predicted molar refractivity (Wildman–Crippen MR) is 5.75 cm³/mol. The van der Waals surface area contributed by atoms with E-state index < -0.39 is 0 Å². The molecule has 0 rings (SSSR count). The summed E-state index contributed by atoms with van der Waals surface area (Å²) < 4.78 is 0. The van der Waals surface area contributed by atoms with E-state index in [0.717, 1.165) is 0 Å². The average molecular weight is 444 g/mol. The van der Waals surface area contributed by atoms with Crippen molar-refractivity contribution < 1.29 is 107 Å². The van der Waals surface area contributed by atoms with E-state index in [-0.39, 0.29) is 124 Å². The molecule has 0 aliphatic rings. The number of hydrogen-bond acceptors (Lipinski definition) is 0. The molecule has 4 heavy (non-hydrogen) atoms. The topological polar surface area (TPSA) is 0 Å². The Morgan fingerprint density at radius 1 is 0.500 bits per heavy atom. The first-order valence-electron chi connectivity index (χ1n) is 0. The molecule has 6 radical (unpaired) electrons. The first-order chi connectivity index (χ1) is 0. The van der Waals surface area contributed by atoms with Crippen LogP contribution in [0.2, 0.25) is 0 Å². The third kappa shape index (κ3) is 9.45. The number of hydrogen-bond donors (Lipinski definition) is 0. The van der Waals surface area contributed by atoms with Gasteiger partial charge >= 0.3 is 0 Å². The van der Waals surface area contributed by atoms with E-state index >= 15 is 0 Å². The molecule has 0 unspecified atom stereocenters. The van der Waals surface area contributed by atoms with E-state index in [1.54, 1.807) is 0 Å². The van der Waals surface area contributed by atoms with Crippen molar-refractivity contribution in [3.05, 3.63) is 0 Å². The molecule has 0 amide bonds. The summed E-state index contributed by atoms with van der Waals surface area (Å²) >= 11 is 0. The van der Waals surface area contributed by atoms with Gasteiger partial charge in [-0.15, -0.1) is 0 Å². The zero-order chi connectivity index (χ0) is 0. The van der Waals surface area contributed by atoms with E-state index in [1.165, 1.54) is 0 Å². The quantitative estimate of drug-likeness (QED) is 0.448. The van der Waals surface area contributed by atoms with Crippen molar-refractivity contribution in [1.29, 1.82) is 0 Å². The maximum Gasteiger partial charge on any atom is 0 e. The van der Waals surface area contributed by atoms with Gasteiger partial charge in [-0.3, -0.25) is 0 Å². The van der Waals surface area contributed by atoms with Gasteiger partial charge in [0.2, 0.25) is 0 Å². The molecule has 12 valence electrons. The van der Waals surface area contributed by atoms with Crippen LogP contribution in [0, 0.1) is 107 Å². The second-order valence-electron chi connectivity index (χ2n) is 0. The summed E-state index contributed by atoms with van der Waals surface area (Å²) in [5, 5.41) is 0. The van der Waals surface area contributed by atoms with Crippen LogP contribution in [0.4, 0.5) is 0 Å². The second kappa shape index (κ2) is 15.7. The van der Waals surface area contributed by atoms with Crippen molar-refractivity contribution in [2.45, 2.75) is 0 Å². The summed E-state index contributed by atoms with van der Waals surface area (Å²) in [5.41, 5.74) is 0. The van der Waals surface area contributed by atoms with Gasteiger partial charge in [0, 0.05) is 124 Å². The Morgan fingerprint density at radius 2 is 0.500 bits per heavy atom. The van der Waals surface area contributed by atoms with Crippen LogP contribution in [0.5, 0.6) is 0 Å². The van der Waals surface area contributed by atoms with Crippen molar-refractivity contribution in [2.75, 3.05) is 0 Å². The van der Waals surface area contributed by atoms with Crippen molar-refractivity contribution >= 4 is 17.4 Å². The minimum atomic E-state index is 0. The Hall–Kier alpha value is 4.12. The molecule has 0 spiro atoms. The van der Waals surface area contributed by atoms with E-state index in [9.17, 15) is 0 Å². The molecular weight excluding hydrogens is 444 g/mol. The van der Waals surface area contributed by atoms with Crippen molar-refractivity contribution in [3.8, 4) is 0 Å². The van der Waals surface area contributed by atoms with Crippen molar-refractivity contribution in [2.24, 2.45) is 0 Å². The molecule has 0 atom stereocenters. The van der Waals surface area contributed by atoms with Gasteiger partial charge in [0.1, 0.15) is 0 Å². The largest absolute Gasteiger partial charge is 0 e. The third-order valence-corrected chi connectivity index (χ3v) is 0. The van der Waals surface area contributed by atoms with E-state index in [1.807, 2.05) is 0 Å². The molecule has 0 aliphatic heterocycles. The zero-order valence-electron chi connectivity index (χ0n) is 2.31. The SMILES string of the molecule is [Al].[La].[La].[La]. The van der Waals surface area contributed by atoms with Crippen LogP contribution in [0.15, 0.2) is 0 Å². The third-order valence-electron chi connectivity index (χ3n) is 0. The smallest absolute Gasteiger partial charge is 0 e. The monoisotopic (exact) mass is 444 g/mol. The summed E-state index contributed by atoms with van der Waals surface area (Å²) in [7, 11) is 0. The standard InChI is InChI=1S/Al.3La. The summed E-state index contributed by atoms with van der Waals surface area (Å²) in [6.45, 7) is 0. The van der Waals surface area contributed by atoms with Crippen LogP contribution in [0.25, 0.3) is 0 Å². The predicted octanol–water partition coefficient (Wildman–Crippen LogP) is -0.381. The molecule has 0 fully saturated rings. The van der Waals surface area contributed by atoms with Crippen molar-refractivity contribution in [3.63, 3.8) is 0 Å². The van der Waals surface area contributed by atoms with Gasteiger partial charge in [-0.1, -0.05) is 0 Å². The van der Waals surface area contributed by atoms with E-state index in [0.29, 0.717) is 0 Å². The van der Waals surface area contributed by atoms with Crippen LogP contribution in [0.1, 0.15) is 0 Å². The van der Waals surface area contributed by atoms with Crippen LogP contribution in [-0.2, 0) is 0 Å². The Morgan fingerprint density at radius 3 is 0.500 bits per heavy atom. The van der Waals surface area contributed by atoms with Gasteiger partial charge in [-0.05, 0) is 0 Å². The van der Waals surface area contributed by atoms with E-state index in [4.69, 9.17) is 0 Å². The molecule has 0 saturated carbocycles. The fraction of sp³-hybridized carbons (Fsp3) is 0. The Balaban J connectivity index is 0. The fourth-order valence-corrected chi connectivity index (χ4v) is 0. The Kier molecular flexibility index (Phi) is 95.3. The molecular formula is AlLa3. The maximum absolute atomic E-state index is 0. The second-order valence-corrected chi connectivity index (χ2v) is 0. The minimum absolute atomic E-state index is 0.